The lowest BCUT2D eigenvalue weighted by Crippen LogP contribution is -2.42. The fraction of sp³-hybridized carbons (Fsp3) is 0.548. The minimum Gasteiger partial charge on any atom is -0.378 e. The van der Waals surface area contributed by atoms with Crippen LogP contribution < -0.4 is 20.9 Å². The van der Waals surface area contributed by atoms with E-state index in [1.165, 1.54) is 11.3 Å². The molecule has 2 fully saturated rings. The van der Waals surface area contributed by atoms with Crippen molar-refractivity contribution in [3.8, 4) is 0 Å². The monoisotopic (exact) mass is 836 g/mol. The van der Waals surface area contributed by atoms with Crippen LogP contribution >= 0.6 is 11.3 Å². The van der Waals surface area contributed by atoms with Crippen LogP contribution in [0.2, 0.25) is 0 Å². The van der Waals surface area contributed by atoms with Crippen LogP contribution in [0, 0.1) is 12.8 Å². The van der Waals surface area contributed by atoms with Crippen LogP contribution in [-0.2, 0) is 49.6 Å². The molecule has 6 amide bonds. The molecule has 0 spiro atoms. The quantitative estimate of drug-likeness (QED) is 0.0922. The maximum atomic E-state index is 13.6. The minimum absolute atomic E-state index is 0.0232. The Morgan fingerprint density at radius 3 is 2.32 bits per heavy atom. The number of carbonyl (C=O) groups is 7. The van der Waals surface area contributed by atoms with Crippen molar-refractivity contribution in [1.29, 1.82) is 0 Å². The Bertz CT molecular complexity index is 1920. The number of ether oxygens (including phenoxy) is 2. The Balaban J connectivity index is 0.888. The predicted molar refractivity (Wildman–Crippen MR) is 220 cm³/mol. The first-order valence-corrected chi connectivity index (χ1v) is 21.4. The third kappa shape index (κ3) is 13.4. The van der Waals surface area contributed by atoms with Gasteiger partial charge >= 0.3 is 5.97 Å². The molecule has 17 heteroatoms. The number of nitrogens with one attached hydrogen (secondary N) is 3. The number of fused-ring (bicyclic) bond motifs is 1. The molecule has 3 heterocycles. The van der Waals surface area contributed by atoms with Gasteiger partial charge in [0.1, 0.15) is 12.2 Å². The van der Waals surface area contributed by atoms with Crippen molar-refractivity contribution in [3.05, 3.63) is 53.0 Å². The summed E-state index contributed by atoms with van der Waals surface area (Å²) in [6.07, 6.45) is 5.33. The summed E-state index contributed by atoms with van der Waals surface area (Å²) in [5, 5.41) is 11.5. The molecule has 3 N–H and O–H groups in total. The summed E-state index contributed by atoms with van der Waals surface area (Å²) in [7, 11) is 0. The van der Waals surface area contributed by atoms with E-state index in [2.05, 4.69) is 16.0 Å². The number of nitrogens with zero attached hydrogens (tertiary/aromatic N) is 3. The molecule has 0 radical (unpaired) electrons. The van der Waals surface area contributed by atoms with E-state index in [-0.39, 0.29) is 81.2 Å². The SMILES string of the molecule is CCN(C(=O)Cn1c(C(=O)N[C@H]2CC[C@H](C(=O)NCCCCCC(=O)NCCOCCOCCC(=O)ON3C(=O)CCC3=O)CC2)cc2sccc21)c1cccc(C)c1. The summed E-state index contributed by atoms with van der Waals surface area (Å²) in [5.41, 5.74) is 3.21. The molecule has 1 aromatic carbocycles. The Hall–Kier alpha value is -5.13. The molecule has 1 saturated carbocycles. The van der Waals surface area contributed by atoms with Crippen LogP contribution in [0.4, 0.5) is 5.69 Å². The van der Waals surface area contributed by atoms with Gasteiger partial charge in [-0.3, -0.25) is 28.8 Å². The number of hydrogen-bond acceptors (Lipinski definition) is 11. The van der Waals surface area contributed by atoms with Gasteiger partial charge in [-0.1, -0.05) is 18.6 Å². The highest BCUT2D eigenvalue weighted by Gasteiger charge is 2.33. The molecular weight excluding hydrogens is 781 g/mol. The molecule has 1 saturated heterocycles. The smallest absolute Gasteiger partial charge is 0.335 e. The van der Waals surface area contributed by atoms with E-state index in [4.69, 9.17) is 14.3 Å². The molecule has 59 heavy (non-hydrogen) atoms. The summed E-state index contributed by atoms with van der Waals surface area (Å²) in [5.74, 6) is -2.26. The van der Waals surface area contributed by atoms with Crippen LogP contribution in [0.15, 0.2) is 41.8 Å². The van der Waals surface area contributed by atoms with Gasteiger partial charge in [0.2, 0.25) is 17.7 Å². The van der Waals surface area contributed by atoms with E-state index in [1.807, 2.05) is 60.2 Å². The zero-order valence-corrected chi connectivity index (χ0v) is 34.8. The Kier molecular flexibility index (Phi) is 17.4. The average molecular weight is 837 g/mol. The molecule has 1 aliphatic heterocycles. The number of benzene rings is 1. The molecule has 320 valence electrons. The summed E-state index contributed by atoms with van der Waals surface area (Å²) < 4.78 is 13.5. The van der Waals surface area contributed by atoms with E-state index in [9.17, 15) is 33.6 Å². The van der Waals surface area contributed by atoms with E-state index < -0.39 is 17.8 Å². The van der Waals surface area contributed by atoms with E-state index in [0.717, 1.165) is 34.3 Å². The fourth-order valence-corrected chi connectivity index (χ4v) is 8.01. The van der Waals surface area contributed by atoms with Crippen molar-refractivity contribution < 1.29 is 47.9 Å². The summed E-state index contributed by atoms with van der Waals surface area (Å²) in [6.45, 7) is 6.24. The van der Waals surface area contributed by atoms with Crippen LogP contribution in [0.1, 0.15) is 93.6 Å². The topological polar surface area (TPSA) is 195 Å². The lowest BCUT2D eigenvalue weighted by atomic mass is 9.85. The summed E-state index contributed by atoms with van der Waals surface area (Å²) in [4.78, 5) is 93.4. The molecule has 16 nitrogen and oxygen atoms in total. The van der Waals surface area contributed by atoms with Gasteiger partial charge in [0, 0.05) is 56.5 Å². The molecule has 0 unspecified atom stereocenters. The molecule has 0 bridgehead atoms. The lowest BCUT2D eigenvalue weighted by molar-refractivity contribution is -0.198. The second-order valence-corrected chi connectivity index (χ2v) is 15.7. The van der Waals surface area contributed by atoms with Crippen LogP contribution in [-0.4, -0.2) is 103 Å². The number of unbranched alkanes of at least 4 members (excludes halogenated alkanes) is 2. The van der Waals surface area contributed by atoms with Gasteiger partial charge in [0.15, 0.2) is 0 Å². The van der Waals surface area contributed by atoms with Gasteiger partial charge in [-0.2, -0.15) is 0 Å². The number of likely N-dealkylation sites (N-methyl/N-ethyl adjacent to an activating group) is 1. The second-order valence-electron chi connectivity index (χ2n) is 14.8. The molecule has 1 aliphatic carbocycles. The first kappa shape index (κ1) is 45.0. The van der Waals surface area contributed by atoms with Gasteiger partial charge in [-0.05, 0) is 87.6 Å². The van der Waals surface area contributed by atoms with Crippen molar-refractivity contribution in [2.75, 3.05) is 51.0 Å². The standard InChI is InChI=1S/C42H56N6O10S/c1-3-46(32-9-7-8-29(2)26-32)39(52)28-47-33-18-25-59-35(33)27-34(47)42(55)45-31-13-11-30(12-14-31)41(54)44-19-6-4-5-10-36(49)43-20-22-57-24-23-56-21-17-40(53)58-48-37(50)15-16-38(48)51/h7-9,18,25-27,30-31H,3-6,10-17,19-24,28H2,1-2H3,(H,43,49)(H,44,54)(H,45,55)/t30-,31-. The molecule has 5 rings (SSSR count). The first-order chi connectivity index (χ1) is 28.5. The minimum atomic E-state index is -0.727. The largest absolute Gasteiger partial charge is 0.378 e. The molecule has 2 aliphatic rings. The van der Waals surface area contributed by atoms with E-state index in [1.54, 1.807) is 4.90 Å². The van der Waals surface area contributed by atoms with Crippen molar-refractivity contribution >= 4 is 68.7 Å². The summed E-state index contributed by atoms with van der Waals surface area (Å²) in [6, 6.07) is 11.6. The average Bonchev–Trinajstić information content (AvgIpc) is 3.91. The maximum absolute atomic E-state index is 13.6. The van der Waals surface area contributed by atoms with Gasteiger partial charge in [0.25, 0.3) is 17.7 Å². The van der Waals surface area contributed by atoms with Crippen molar-refractivity contribution in [1.82, 2.24) is 25.6 Å². The number of hydrogen-bond donors (Lipinski definition) is 3. The highest BCUT2D eigenvalue weighted by Crippen LogP contribution is 2.28. The zero-order valence-electron chi connectivity index (χ0n) is 34.0. The second kappa shape index (κ2) is 22.9. The number of rotatable bonds is 23. The molecule has 0 atom stereocenters. The van der Waals surface area contributed by atoms with Crippen molar-refractivity contribution in [3.63, 3.8) is 0 Å². The number of hydroxylamine groups is 2. The fourth-order valence-electron chi connectivity index (χ4n) is 7.19. The number of anilines is 1. The van der Waals surface area contributed by atoms with E-state index in [0.29, 0.717) is 75.5 Å². The van der Waals surface area contributed by atoms with Crippen molar-refractivity contribution in [2.45, 2.75) is 97.1 Å². The van der Waals surface area contributed by atoms with Gasteiger partial charge in [-0.15, -0.1) is 16.4 Å². The number of imide groups is 1. The summed E-state index contributed by atoms with van der Waals surface area (Å²) >= 11 is 1.53. The third-order valence-electron chi connectivity index (χ3n) is 10.4. The third-order valence-corrected chi connectivity index (χ3v) is 11.2. The zero-order chi connectivity index (χ0) is 42.1. The van der Waals surface area contributed by atoms with E-state index >= 15 is 0 Å². The highest BCUT2D eigenvalue weighted by molar-refractivity contribution is 7.17. The Labute approximate surface area is 348 Å². The first-order valence-electron chi connectivity index (χ1n) is 20.5. The van der Waals surface area contributed by atoms with Gasteiger partial charge < -0.3 is 39.7 Å². The van der Waals surface area contributed by atoms with Crippen molar-refractivity contribution in [2.24, 2.45) is 5.92 Å². The normalized spacial score (nSPS) is 16.6. The molecular formula is C42H56N6O10S. The Morgan fingerprint density at radius 2 is 1.59 bits per heavy atom. The van der Waals surface area contributed by atoms with Gasteiger partial charge in [-0.25, -0.2) is 4.79 Å². The van der Waals surface area contributed by atoms with Crippen LogP contribution in [0.3, 0.4) is 0 Å². The van der Waals surface area contributed by atoms with Gasteiger partial charge in [0.05, 0.1) is 43.1 Å². The molecule has 3 aromatic rings. The van der Waals surface area contributed by atoms with Crippen LogP contribution in [0.25, 0.3) is 10.2 Å². The lowest BCUT2D eigenvalue weighted by Gasteiger charge is -2.28. The number of amides is 6. The number of aryl methyl sites for hydroxylation is 1. The highest BCUT2D eigenvalue weighted by atomic mass is 32.1. The predicted octanol–water partition coefficient (Wildman–Crippen LogP) is 4.18. The maximum Gasteiger partial charge on any atom is 0.335 e. The molecule has 2 aromatic heterocycles. The Morgan fingerprint density at radius 1 is 0.847 bits per heavy atom. The number of thiophene rings is 1. The number of aromatic nitrogens is 1. The number of carbonyl (C=O) groups excluding carboxylic acids is 7. The van der Waals surface area contributed by atoms with Crippen LogP contribution in [0.5, 0.6) is 0 Å².